The van der Waals surface area contributed by atoms with E-state index in [9.17, 15) is 0 Å². The van der Waals surface area contributed by atoms with Crippen molar-refractivity contribution in [3.63, 3.8) is 0 Å². The van der Waals surface area contributed by atoms with Crippen LogP contribution < -0.4 is 0 Å². The standard InChI is InChI=1S/C23H32Cl2N2O5/c1-2-8-28-10-12-30-14-16-32-17-15-31-13-11-29-9-4-3-5-19-20(25)6-7-21-23(19)27-22(18-24)26-21/h1,6-7H,3-5,8-18H2,(H,26,27). The van der Waals surface area contributed by atoms with Crippen molar-refractivity contribution in [2.24, 2.45) is 0 Å². The van der Waals surface area contributed by atoms with Crippen LogP contribution in [-0.4, -0.2) is 76.0 Å². The van der Waals surface area contributed by atoms with Crippen molar-refractivity contribution in [2.75, 3.05) is 66.1 Å². The highest BCUT2D eigenvalue weighted by Gasteiger charge is 2.10. The molecule has 1 aromatic heterocycles. The zero-order valence-corrected chi connectivity index (χ0v) is 19.9. The van der Waals surface area contributed by atoms with E-state index in [0.29, 0.717) is 71.9 Å². The summed E-state index contributed by atoms with van der Waals surface area (Å²) >= 11 is 12.2. The Kier molecular flexibility index (Phi) is 14.4. The van der Waals surface area contributed by atoms with Gasteiger partial charge in [0.2, 0.25) is 0 Å². The number of imidazole rings is 1. The lowest BCUT2D eigenvalue weighted by molar-refractivity contribution is -0.00933. The molecule has 32 heavy (non-hydrogen) atoms. The van der Waals surface area contributed by atoms with Gasteiger partial charge in [-0.2, -0.15) is 0 Å². The molecule has 0 atom stereocenters. The summed E-state index contributed by atoms with van der Waals surface area (Å²) in [7, 11) is 0. The predicted molar refractivity (Wildman–Crippen MR) is 127 cm³/mol. The van der Waals surface area contributed by atoms with Gasteiger partial charge in [-0.25, -0.2) is 4.98 Å². The molecule has 0 bridgehead atoms. The number of rotatable bonds is 19. The van der Waals surface area contributed by atoms with Crippen LogP contribution in [0.4, 0.5) is 0 Å². The molecule has 2 rings (SSSR count). The van der Waals surface area contributed by atoms with Gasteiger partial charge in [0.1, 0.15) is 12.4 Å². The van der Waals surface area contributed by atoms with Gasteiger partial charge >= 0.3 is 0 Å². The van der Waals surface area contributed by atoms with Crippen LogP contribution in [0.15, 0.2) is 12.1 Å². The summed E-state index contributed by atoms with van der Waals surface area (Å²) in [5, 5.41) is 0.738. The number of benzene rings is 1. The van der Waals surface area contributed by atoms with Gasteiger partial charge in [0.15, 0.2) is 0 Å². The van der Waals surface area contributed by atoms with Crippen molar-refractivity contribution >= 4 is 34.2 Å². The molecule has 2 aromatic rings. The van der Waals surface area contributed by atoms with Crippen LogP contribution in [0.2, 0.25) is 5.02 Å². The average Bonchev–Trinajstić information content (AvgIpc) is 3.23. The van der Waals surface area contributed by atoms with E-state index >= 15 is 0 Å². The molecular formula is C23H32Cl2N2O5. The number of ether oxygens (including phenoxy) is 5. The van der Waals surface area contributed by atoms with Crippen LogP contribution in [0.3, 0.4) is 0 Å². The van der Waals surface area contributed by atoms with Crippen LogP contribution in [0.25, 0.3) is 11.0 Å². The summed E-state index contributed by atoms with van der Waals surface area (Å²) in [6.45, 7) is 5.23. The molecule has 0 aliphatic rings. The summed E-state index contributed by atoms with van der Waals surface area (Å²) in [4.78, 5) is 7.75. The summed E-state index contributed by atoms with van der Waals surface area (Å²) in [5.41, 5.74) is 2.93. The van der Waals surface area contributed by atoms with Gasteiger partial charge < -0.3 is 28.7 Å². The number of H-pyrrole nitrogens is 1. The molecule has 0 amide bonds. The Labute approximate surface area is 200 Å². The number of hydrogen-bond donors (Lipinski definition) is 1. The third-order valence-corrected chi connectivity index (χ3v) is 5.12. The number of aromatic amines is 1. The van der Waals surface area contributed by atoms with E-state index in [4.69, 9.17) is 53.3 Å². The number of alkyl halides is 1. The number of unbranched alkanes of at least 4 members (excludes halogenated alkanes) is 1. The van der Waals surface area contributed by atoms with E-state index in [-0.39, 0.29) is 0 Å². The lowest BCUT2D eigenvalue weighted by Crippen LogP contribution is -2.13. The quantitative estimate of drug-likeness (QED) is 0.184. The average molecular weight is 487 g/mol. The number of nitrogens with one attached hydrogen (secondary N) is 1. The molecule has 0 unspecified atom stereocenters. The van der Waals surface area contributed by atoms with Crippen LogP contribution in [0.5, 0.6) is 0 Å². The highest BCUT2D eigenvalue weighted by Crippen LogP contribution is 2.26. The SMILES string of the molecule is C#CCOCCOCCOCCOCCOCCCCc1c(Cl)ccc2[nH]c(CCl)nc12. The van der Waals surface area contributed by atoms with Gasteiger partial charge in [-0.1, -0.05) is 17.5 Å². The third kappa shape index (κ3) is 10.5. The Morgan fingerprint density at radius 3 is 2.03 bits per heavy atom. The Morgan fingerprint density at radius 1 is 0.844 bits per heavy atom. The second-order valence-electron chi connectivity index (χ2n) is 6.90. The molecule has 9 heteroatoms. The molecule has 1 aromatic carbocycles. The highest BCUT2D eigenvalue weighted by atomic mass is 35.5. The van der Waals surface area contributed by atoms with Gasteiger partial charge in [-0.15, -0.1) is 18.0 Å². The number of terminal acetylenes is 1. The van der Waals surface area contributed by atoms with E-state index in [1.165, 1.54) is 0 Å². The fourth-order valence-electron chi connectivity index (χ4n) is 2.98. The zero-order chi connectivity index (χ0) is 22.9. The Morgan fingerprint density at radius 2 is 1.44 bits per heavy atom. The van der Waals surface area contributed by atoms with E-state index in [2.05, 4.69) is 15.9 Å². The zero-order valence-electron chi connectivity index (χ0n) is 18.4. The maximum Gasteiger partial charge on any atom is 0.122 e. The maximum atomic E-state index is 6.37. The Bertz CT molecular complexity index is 810. The molecule has 7 nitrogen and oxygen atoms in total. The van der Waals surface area contributed by atoms with E-state index < -0.39 is 0 Å². The number of nitrogens with zero attached hydrogens (tertiary/aromatic N) is 1. The predicted octanol–water partition coefficient (Wildman–Crippen LogP) is 3.99. The lowest BCUT2D eigenvalue weighted by Gasteiger charge is -2.08. The normalized spacial score (nSPS) is 11.3. The Balaban J connectivity index is 1.40. The van der Waals surface area contributed by atoms with Gasteiger partial charge in [0.25, 0.3) is 0 Å². The molecule has 1 heterocycles. The second kappa shape index (κ2) is 17.2. The Hall–Kier alpha value is -1.37. The lowest BCUT2D eigenvalue weighted by atomic mass is 10.1. The van der Waals surface area contributed by atoms with E-state index in [1.807, 2.05) is 12.1 Å². The molecule has 178 valence electrons. The van der Waals surface area contributed by atoms with Crippen molar-refractivity contribution in [1.82, 2.24) is 9.97 Å². The largest absolute Gasteiger partial charge is 0.379 e. The molecule has 0 radical (unpaired) electrons. The maximum absolute atomic E-state index is 6.37. The van der Waals surface area contributed by atoms with Gasteiger partial charge in [0.05, 0.1) is 69.8 Å². The molecule has 0 spiro atoms. The first-order chi connectivity index (χ1) is 15.8. The third-order valence-electron chi connectivity index (χ3n) is 4.52. The molecule has 1 N–H and O–H groups in total. The molecule has 0 fully saturated rings. The first-order valence-corrected chi connectivity index (χ1v) is 11.7. The van der Waals surface area contributed by atoms with E-state index in [1.54, 1.807) is 0 Å². The molecule has 0 saturated carbocycles. The number of fused-ring (bicyclic) bond motifs is 1. The van der Waals surface area contributed by atoms with Crippen molar-refractivity contribution in [3.8, 4) is 12.3 Å². The summed E-state index contributed by atoms with van der Waals surface area (Å²) < 4.78 is 27.0. The van der Waals surface area contributed by atoms with Crippen LogP contribution >= 0.6 is 23.2 Å². The van der Waals surface area contributed by atoms with Gasteiger partial charge in [-0.3, -0.25) is 0 Å². The second-order valence-corrected chi connectivity index (χ2v) is 7.58. The van der Waals surface area contributed by atoms with Crippen molar-refractivity contribution < 1.29 is 23.7 Å². The fraction of sp³-hybridized carbons (Fsp3) is 0.609. The molecule has 0 aliphatic heterocycles. The van der Waals surface area contributed by atoms with Gasteiger partial charge in [0, 0.05) is 11.6 Å². The number of hydrogen-bond acceptors (Lipinski definition) is 6. The smallest absolute Gasteiger partial charge is 0.122 e. The minimum atomic E-state index is 0.314. The first kappa shape index (κ1) is 26.9. The van der Waals surface area contributed by atoms with Crippen LogP contribution in [0, 0.1) is 12.3 Å². The molecular weight excluding hydrogens is 455 g/mol. The monoisotopic (exact) mass is 486 g/mol. The van der Waals surface area contributed by atoms with Crippen LogP contribution in [0.1, 0.15) is 24.2 Å². The number of halogens is 2. The minimum Gasteiger partial charge on any atom is -0.379 e. The van der Waals surface area contributed by atoms with Gasteiger partial charge in [-0.05, 0) is 37.0 Å². The van der Waals surface area contributed by atoms with Crippen molar-refractivity contribution in [1.29, 1.82) is 0 Å². The first-order valence-electron chi connectivity index (χ1n) is 10.8. The number of aromatic nitrogens is 2. The minimum absolute atomic E-state index is 0.314. The number of aryl methyl sites for hydroxylation is 1. The highest BCUT2D eigenvalue weighted by molar-refractivity contribution is 6.32. The van der Waals surface area contributed by atoms with Crippen molar-refractivity contribution in [3.05, 3.63) is 28.5 Å². The van der Waals surface area contributed by atoms with Crippen molar-refractivity contribution in [2.45, 2.75) is 25.1 Å². The molecule has 0 aliphatic carbocycles. The fourth-order valence-corrected chi connectivity index (χ4v) is 3.35. The summed E-state index contributed by atoms with van der Waals surface area (Å²) in [6, 6.07) is 3.84. The van der Waals surface area contributed by atoms with E-state index in [0.717, 1.165) is 46.7 Å². The summed E-state index contributed by atoms with van der Waals surface area (Å²) in [6.07, 6.45) is 7.83. The molecule has 0 saturated heterocycles. The topological polar surface area (TPSA) is 74.8 Å². The summed E-state index contributed by atoms with van der Waals surface area (Å²) in [5.74, 6) is 3.51. The van der Waals surface area contributed by atoms with Crippen LogP contribution in [-0.2, 0) is 36.0 Å².